The number of nitro benzene ring substituents is 1. The molecule has 0 radical (unpaired) electrons. The molecule has 0 atom stereocenters. The summed E-state index contributed by atoms with van der Waals surface area (Å²) in [5.74, 6) is -0.284. The molecule has 0 N–H and O–H groups in total. The fourth-order valence-electron chi connectivity index (χ4n) is 2.88. The number of carbonyl (C=O) groups excluding carboxylic acids is 1. The molecule has 0 amide bonds. The van der Waals surface area contributed by atoms with Crippen molar-refractivity contribution in [3.63, 3.8) is 0 Å². The van der Waals surface area contributed by atoms with Gasteiger partial charge in [0, 0.05) is 30.8 Å². The maximum atomic E-state index is 12.3. The van der Waals surface area contributed by atoms with Crippen LogP contribution in [0.2, 0.25) is 0 Å². The normalized spacial score (nSPS) is 13.9. The molecule has 1 aliphatic heterocycles. The van der Waals surface area contributed by atoms with E-state index in [1.54, 1.807) is 18.2 Å². The number of nitro groups is 1. The third-order valence-electron chi connectivity index (χ3n) is 4.23. The monoisotopic (exact) mass is 370 g/mol. The van der Waals surface area contributed by atoms with Gasteiger partial charge in [0.2, 0.25) is 0 Å². The Morgan fingerprint density at radius 1 is 1.04 bits per heavy atom. The summed E-state index contributed by atoms with van der Waals surface area (Å²) in [6.07, 6.45) is 3.48. The van der Waals surface area contributed by atoms with E-state index in [4.69, 9.17) is 17.0 Å². The first-order valence-corrected chi connectivity index (χ1v) is 8.81. The summed E-state index contributed by atoms with van der Waals surface area (Å²) in [6, 6.07) is 12.5. The molecule has 2 aromatic carbocycles. The fourth-order valence-corrected chi connectivity index (χ4v) is 3.19. The number of rotatable bonds is 4. The van der Waals surface area contributed by atoms with E-state index < -0.39 is 10.9 Å². The number of ether oxygens (including phenoxy) is 1. The van der Waals surface area contributed by atoms with E-state index in [0.29, 0.717) is 5.75 Å². The number of non-ortho nitro benzene ring substituents is 1. The molecule has 3 rings (SSSR count). The van der Waals surface area contributed by atoms with E-state index in [0.717, 1.165) is 36.5 Å². The van der Waals surface area contributed by atoms with Gasteiger partial charge in [-0.25, -0.2) is 4.79 Å². The van der Waals surface area contributed by atoms with E-state index in [1.165, 1.54) is 30.7 Å². The number of likely N-dealkylation sites (tertiary alicyclic amines) is 1. The molecule has 7 heteroatoms. The summed E-state index contributed by atoms with van der Waals surface area (Å²) in [7, 11) is 0. The van der Waals surface area contributed by atoms with Crippen LogP contribution in [0.5, 0.6) is 5.75 Å². The van der Waals surface area contributed by atoms with Crippen LogP contribution in [0.1, 0.15) is 35.2 Å². The molecule has 2 aromatic rings. The summed E-state index contributed by atoms with van der Waals surface area (Å²) in [4.78, 5) is 25.5. The summed E-state index contributed by atoms with van der Waals surface area (Å²) in [6.45, 7) is 1.88. The highest BCUT2D eigenvalue weighted by molar-refractivity contribution is 7.80. The average molecular weight is 370 g/mol. The Labute approximate surface area is 156 Å². The van der Waals surface area contributed by atoms with Crippen molar-refractivity contribution in [2.45, 2.75) is 19.3 Å². The highest BCUT2D eigenvalue weighted by Gasteiger charge is 2.17. The maximum Gasteiger partial charge on any atom is 0.343 e. The molecule has 26 heavy (non-hydrogen) atoms. The van der Waals surface area contributed by atoms with Gasteiger partial charge >= 0.3 is 5.97 Å². The lowest BCUT2D eigenvalue weighted by Crippen LogP contribution is -2.34. The predicted octanol–water partition coefficient (Wildman–Crippen LogP) is 3.98. The molecule has 6 nitrogen and oxygen atoms in total. The predicted molar refractivity (Wildman–Crippen MR) is 102 cm³/mol. The van der Waals surface area contributed by atoms with Crippen LogP contribution in [0, 0.1) is 10.1 Å². The summed E-state index contributed by atoms with van der Waals surface area (Å²) in [5, 5.41) is 10.8. The van der Waals surface area contributed by atoms with Crippen molar-refractivity contribution in [3.8, 4) is 5.75 Å². The van der Waals surface area contributed by atoms with Crippen LogP contribution in [-0.2, 0) is 0 Å². The summed E-state index contributed by atoms with van der Waals surface area (Å²) >= 11 is 5.56. The van der Waals surface area contributed by atoms with Crippen molar-refractivity contribution in [2.75, 3.05) is 13.1 Å². The number of hydrogen-bond acceptors (Lipinski definition) is 5. The fraction of sp³-hybridized carbons (Fsp3) is 0.263. The standard InChI is InChI=1S/C19H18N2O4S/c22-19(15-7-4-8-16(12-15)21(23)24)25-17-9-5-6-14(13-17)18(26)20-10-2-1-3-11-20/h4-9,12-13H,1-3,10-11H2. The SMILES string of the molecule is O=C(Oc1cccc(C(=S)N2CCCCC2)c1)c1cccc([N+](=O)[O-])c1. The Hall–Kier alpha value is -2.80. The molecule has 1 fully saturated rings. The van der Waals surface area contributed by atoms with E-state index in [-0.39, 0.29) is 11.3 Å². The van der Waals surface area contributed by atoms with E-state index in [2.05, 4.69) is 4.90 Å². The Bertz CT molecular complexity index is 847. The first kappa shape index (κ1) is 18.0. The zero-order chi connectivity index (χ0) is 18.5. The van der Waals surface area contributed by atoms with Crippen LogP contribution in [0.3, 0.4) is 0 Å². The molecular weight excluding hydrogens is 352 g/mol. The molecule has 0 aromatic heterocycles. The quantitative estimate of drug-likeness (QED) is 0.267. The van der Waals surface area contributed by atoms with Gasteiger partial charge in [0.15, 0.2) is 0 Å². The van der Waals surface area contributed by atoms with Crippen LogP contribution in [0.4, 0.5) is 5.69 Å². The van der Waals surface area contributed by atoms with Gasteiger partial charge < -0.3 is 9.64 Å². The topological polar surface area (TPSA) is 72.7 Å². The van der Waals surface area contributed by atoms with Gasteiger partial charge in [0.1, 0.15) is 10.7 Å². The smallest absolute Gasteiger partial charge is 0.343 e. The minimum absolute atomic E-state index is 0.128. The number of nitrogens with zero attached hydrogens (tertiary/aromatic N) is 2. The molecule has 1 saturated heterocycles. The first-order chi connectivity index (χ1) is 12.5. The van der Waals surface area contributed by atoms with Crippen molar-refractivity contribution in [1.29, 1.82) is 0 Å². The van der Waals surface area contributed by atoms with Crippen molar-refractivity contribution in [2.24, 2.45) is 0 Å². The minimum atomic E-state index is -0.644. The Morgan fingerprint density at radius 3 is 2.46 bits per heavy atom. The number of hydrogen-bond donors (Lipinski definition) is 0. The summed E-state index contributed by atoms with van der Waals surface area (Å²) in [5.41, 5.74) is 0.800. The molecule has 0 aliphatic carbocycles. The second-order valence-corrected chi connectivity index (χ2v) is 6.46. The number of thiocarbonyl (C=S) groups is 1. The highest BCUT2D eigenvalue weighted by Crippen LogP contribution is 2.20. The second-order valence-electron chi connectivity index (χ2n) is 6.08. The lowest BCUT2D eigenvalue weighted by molar-refractivity contribution is -0.384. The van der Waals surface area contributed by atoms with Gasteiger partial charge in [0.05, 0.1) is 10.5 Å². The van der Waals surface area contributed by atoms with Crippen LogP contribution in [-0.4, -0.2) is 33.9 Å². The lowest BCUT2D eigenvalue weighted by Gasteiger charge is -2.29. The van der Waals surface area contributed by atoms with Gasteiger partial charge in [-0.2, -0.15) is 0 Å². The molecule has 0 spiro atoms. The zero-order valence-corrected chi connectivity index (χ0v) is 14.9. The largest absolute Gasteiger partial charge is 0.423 e. The van der Waals surface area contributed by atoms with Gasteiger partial charge in [-0.05, 0) is 37.5 Å². The molecule has 0 unspecified atom stereocenters. The second kappa shape index (κ2) is 8.05. The average Bonchev–Trinajstić information content (AvgIpc) is 2.68. The summed E-state index contributed by atoms with van der Waals surface area (Å²) < 4.78 is 5.37. The lowest BCUT2D eigenvalue weighted by atomic mass is 10.1. The molecule has 0 saturated carbocycles. The Balaban J connectivity index is 1.74. The third-order valence-corrected chi connectivity index (χ3v) is 4.72. The maximum absolute atomic E-state index is 12.3. The minimum Gasteiger partial charge on any atom is -0.423 e. The van der Waals surface area contributed by atoms with Crippen LogP contribution < -0.4 is 4.74 Å². The van der Waals surface area contributed by atoms with Gasteiger partial charge in [0.25, 0.3) is 5.69 Å². The Kier molecular flexibility index (Phi) is 5.58. The number of benzene rings is 2. The molecule has 1 aliphatic rings. The molecule has 1 heterocycles. The van der Waals surface area contributed by atoms with Crippen molar-refractivity contribution in [1.82, 2.24) is 4.90 Å². The van der Waals surface area contributed by atoms with E-state index in [1.807, 2.05) is 6.07 Å². The zero-order valence-electron chi connectivity index (χ0n) is 14.1. The molecule has 0 bridgehead atoms. The van der Waals surface area contributed by atoms with Gasteiger partial charge in [-0.15, -0.1) is 0 Å². The third kappa shape index (κ3) is 4.23. The van der Waals surface area contributed by atoms with Crippen LogP contribution in [0.25, 0.3) is 0 Å². The van der Waals surface area contributed by atoms with Crippen molar-refractivity contribution < 1.29 is 14.5 Å². The van der Waals surface area contributed by atoms with Gasteiger partial charge in [-0.3, -0.25) is 10.1 Å². The molecular formula is C19H18N2O4S. The highest BCUT2D eigenvalue weighted by atomic mass is 32.1. The number of piperidine rings is 1. The first-order valence-electron chi connectivity index (χ1n) is 8.40. The van der Waals surface area contributed by atoms with E-state index in [9.17, 15) is 14.9 Å². The Morgan fingerprint density at radius 2 is 1.73 bits per heavy atom. The number of carbonyl (C=O) groups is 1. The van der Waals surface area contributed by atoms with Crippen LogP contribution in [0.15, 0.2) is 48.5 Å². The number of esters is 1. The van der Waals surface area contributed by atoms with E-state index >= 15 is 0 Å². The van der Waals surface area contributed by atoms with Gasteiger partial charge in [-0.1, -0.05) is 30.4 Å². The molecule has 134 valence electrons. The van der Waals surface area contributed by atoms with Crippen molar-refractivity contribution in [3.05, 3.63) is 69.8 Å². The van der Waals surface area contributed by atoms with Crippen molar-refractivity contribution >= 4 is 28.9 Å². The van der Waals surface area contributed by atoms with Crippen LogP contribution >= 0.6 is 12.2 Å².